The summed E-state index contributed by atoms with van der Waals surface area (Å²) in [5, 5.41) is 9.15. The minimum Gasteiger partial charge on any atom is -0.496 e. The molecule has 0 unspecified atom stereocenters. The molecule has 3 aromatic rings. The van der Waals surface area contributed by atoms with Crippen molar-refractivity contribution in [3.8, 4) is 16.9 Å². The largest absolute Gasteiger partial charge is 0.496 e. The Morgan fingerprint density at radius 3 is 2.39 bits per heavy atom. The van der Waals surface area contributed by atoms with Crippen molar-refractivity contribution < 1.29 is 28.6 Å². The Labute approximate surface area is 192 Å². The van der Waals surface area contributed by atoms with E-state index in [4.69, 9.17) is 14.6 Å². The fourth-order valence-corrected chi connectivity index (χ4v) is 3.53. The van der Waals surface area contributed by atoms with Crippen LogP contribution in [0.4, 0.5) is 9.18 Å². The van der Waals surface area contributed by atoms with Gasteiger partial charge < -0.3 is 19.5 Å². The summed E-state index contributed by atoms with van der Waals surface area (Å²) in [5.74, 6) is -0.876. The molecule has 3 rings (SSSR count). The Morgan fingerprint density at radius 2 is 1.73 bits per heavy atom. The second-order valence-electron chi connectivity index (χ2n) is 7.46. The Balaban J connectivity index is 1.89. The normalized spacial score (nSPS) is 10.5. The van der Waals surface area contributed by atoms with E-state index in [9.17, 15) is 14.0 Å². The summed E-state index contributed by atoms with van der Waals surface area (Å²) in [7, 11) is 1.51. The molecule has 172 valence electrons. The number of carboxylic acid groups (broad SMARTS) is 1. The van der Waals surface area contributed by atoms with Crippen molar-refractivity contribution >= 4 is 12.1 Å². The summed E-state index contributed by atoms with van der Waals surface area (Å²) < 4.78 is 25.1. The first-order chi connectivity index (χ1) is 15.9. The van der Waals surface area contributed by atoms with Crippen LogP contribution in [-0.4, -0.2) is 35.7 Å². The molecule has 0 aromatic heterocycles. The quantitative estimate of drug-likeness (QED) is 0.479. The number of rotatable bonds is 9. The molecule has 0 atom stereocenters. The molecule has 0 radical (unpaired) electrons. The molecular weight excluding hydrogens is 425 g/mol. The predicted octanol–water partition coefficient (Wildman–Crippen LogP) is 5.29. The first-order valence-corrected chi connectivity index (χ1v) is 10.5. The zero-order chi connectivity index (χ0) is 23.8. The average Bonchev–Trinajstić information content (AvgIpc) is 2.81. The SMILES string of the molecule is CCN(Cc1cc(F)ccc1-c1cc(CC(=O)O)ccc1OC)C(=O)OCc1ccccc1. The number of aliphatic carboxylic acids is 1. The fourth-order valence-electron chi connectivity index (χ4n) is 3.53. The van der Waals surface area contributed by atoms with Gasteiger partial charge in [-0.15, -0.1) is 0 Å². The maximum atomic E-state index is 14.2. The van der Waals surface area contributed by atoms with Crippen molar-refractivity contribution in [1.82, 2.24) is 4.90 Å². The first-order valence-electron chi connectivity index (χ1n) is 10.5. The first kappa shape index (κ1) is 23.8. The van der Waals surface area contributed by atoms with E-state index in [-0.39, 0.29) is 19.6 Å². The van der Waals surface area contributed by atoms with E-state index in [2.05, 4.69) is 0 Å². The number of nitrogens with zero attached hydrogens (tertiary/aromatic N) is 1. The molecule has 0 saturated heterocycles. The van der Waals surface area contributed by atoms with Crippen molar-refractivity contribution in [3.05, 3.63) is 89.2 Å². The summed E-state index contributed by atoms with van der Waals surface area (Å²) in [4.78, 5) is 25.4. The molecule has 7 heteroatoms. The Bertz CT molecular complexity index is 1120. The highest BCUT2D eigenvalue weighted by molar-refractivity contribution is 5.77. The zero-order valence-electron chi connectivity index (χ0n) is 18.6. The molecule has 1 N–H and O–H groups in total. The van der Waals surface area contributed by atoms with Crippen molar-refractivity contribution in [2.75, 3.05) is 13.7 Å². The number of carboxylic acids is 1. The van der Waals surface area contributed by atoms with Gasteiger partial charge in [0, 0.05) is 18.7 Å². The van der Waals surface area contributed by atoms with Crippen LogP contribution in [0.5, 0.6) is 5.75 Å². The number of hydrogen-bond acceptors (Lipinski definition) is 4. The molecule has 0 aliphatic rings. The smallest absolute Gasteiger partial charge is 0.410 e. The van der Waals surface area contributed by atoms with E-state index >= 15 is 0 Å². The van der Waals surface area contributed by atoms with E-state index in [0.29, 0.717) is 34.5 Å². The predicted molar refractivity (Wildman–Crippen MR) is 122 cm³/mol. The van der Waals surface area contributed by atoms with Crippen LogP contribution in [0.15, 0.2) is 66.7 Å². The van der Waals surface area contributed by atoms with Crippen LogP contribution in [0.3, 0.4) is 0 Å². The molecular formula is C26H26FNO5. The summed E-state index contributed by atoms with van der Waals surface area (Å²) >= 11 is 0. The third-order valence-electron chi connectivity index (χ3n) is 5.18. The van der Waals surface area contributed by atoms with Gasteiger partial charge in [0.1, 0.15) is 18.2 Å². The molecule has 6 nitrogen and oxygen atoms in total. The lowest BCUT2D eigenvalue weighted by Crippen LogP contribution is -2.31. The van der Waals surface area contributed by atoms with Crippen LogP contribution in [0, 0.1) is 5.82 Å². The number of ether oxygens (including phenoxy) is 2. The van der Waals surface area contributed by atoms with Crippen LogP contribution in [0.1, 0.15) is 23.6 Å². The highest BCUT2D eigenvalue weighted by Crippen LogP contribution is 2.34. The van der Waals surface area contributed by atoms with Crippen LogP contribution in [0.2, 0.25) is 0 Å². The summed E-state index contributed by atoms with van der Waals surface area (Å²) in [6.45, 7) is 2.43. The Kier molecular flexibility index (Phi) is 8.02. The lowest BCUT2D eigenvalue weighted by molar-refractivity contribution is -0.136. The van der Waals surface area contributed by atoms with Gasteiger partial charge in [0.05, 0.1) is 13.5 Å². The number of amides is 1. The van der Waals surface area contributed by atoms with Crippen LogP contribution in [-0.2, 0) is 29.1 Å². The fraction of sp³-hybridized carbons (Fsp3) is 0.231. The number of halogens is 1. The van der Waals surface area contributed by atoms with E-state index < -0.39 is 17.9 Å². The van der Waals surface area contributed by atoms with Gasteiger partial charge in [0.2, 0.25) is 0 Å². The number of carbonyl (C=O) groups excluding carboxylic acids is 1. The minimum atomic E-state index is -0.955. The van der Waals surface area contributed by atoms with Crippen molar-refractivity contribution in [2.45, 2.75) is 26.5 Å². The van der Waals surface area contributed by atoms with Crippen LogP contribution < -0.4 is 4.74 Å². The highest BCUT2D eigenvalue weighted by atomic mass is 19.1. The Morgan fingerprint density at radius 1 is 0.970 bits per heavy atom. The number of methoxy groups -OCH3 is 1. The second kappa shape index (κ2) is 11.1. The summed E-state index contributed by atoms with van der Waals surface area (Å²) in [6.07, 6.45) is -0.663. The highest BCUT2D eigenvalue weighted by Gasteiger charge is 2.19. The Hall–Kier alpha value is -3.87. The molecule has 0 aliphatic heterocycles. The van der Waals surface area contributed by atoms with Crippen molar-refractivity contribution in [2.24, 2.45) is 0 Å². The number of benzene rings is 3. The molecule has 0 saturated carbocycles. The molecule has 1 amide bonds. The van der Waals surface area contributed by atoms with E-state index in [1.807, 2.05) is 37.3 Å². The third-order valence-corrected chi connectivity index (χ3v) is 5.18. The number of hydrogen-bond donors (Lipinski definition) is 1. The molecule has 0 fully saturated rings. The lowest BCUT2D eigenvalue weighted by atomic mass is 9.96. The molecule has 0 spiro atoms. The van der Waals surface area contributed by atoms with Gasteiger partial charge in [-0.3, -0.25) is 4.79 Å². The molecule has 0 heterocycles. The van der Waals surface area contributed by atoms with E-state index in [1.165, 1.54) is 24.1 Å². The topological polar surface area (TPSA) is 76.1 Å². The minimum absolute atomic E-state index is 0.115. The monoisotopic (exact) mass is 451 g/mol. The average molecular weight is 451 g/mol. The molecule has 33 heavy (non-hydrogen) atoms. The standard InChI is InChI=1S/C26H26FNO5/c1-3-28(26(31)33-17-18-7-5-4-6-8-18)16-20-15-21(27)10-11-22(20)23-13-19(14-25(29)30)9-12-24(23)32-2/h4-13,15H,3,14,16-17H2,1-2H3,(H,29,30). The van der Waals surface area contributed by atoms with Gasteiger partial charge in [-0.1, -0.05) is 42.5 Å². The van der Waals surface area contributed by atoms with Gasteiger partial charge >= 0.3 is 12.1 Å². The molecule has 0 aliphatic carbocycles. The van der Waals surface area contributed by atoms with E-state index in [0.717, 1.165) is 5.56 Å². The zero-order valence-corrected chi connectivity index (χ0v) is 18.6. The molecule has 0 bridgehead atoms. The van der Waals surface area contributed by atoms with Gasteiger partial charge in [-0.05, 0) is 53.4 Å². The van der Waals surface area contributed by atoms with Crippen molar-refractivity contribution in [3.63, 3.8) is 0 Å². The van der Waals surface area contributed by atoms with Crippen molar-refractivity contribution in [1.29, 1.82) is 0 Å². The second-order valence-corrected chi connectivity index (χ2v) is 7.46. The maximum Gasteiger partial charge on any atom is 0.410 e. The maximum absolute atomic E-state index is 14.2. The number of carbonyl (C=O) groups is 2. The van der Waals surface area contributed by atoms with Gasteiger partial charge in [-0.2, -0.15) is 0 Å². The summed E-state index contributed by atoms with van der Waals surface area (Å²) in [6, 6.07) is 18.7. The lowest BCUT2D eigenvalue weighted by Gasteiger charge is -2.23. The van der Waals surface area contributed by atoms with Gasteiger partial charge in [0.25, 0.3) is 0 Å². The van der Waals surface area contributed by atoms with Gasteiger partial charge in [0.15, 0.2) is 0 Å². The molecule has 3 aromatic carbocycles. The third kappa shape index (κ3) is 6.32. The van der Waals surface area contributed by atoms with Crippen LogP contribution in [0.25, 0.3) is 11.1 Å². The van der Waals surface area contributed by atoms with Crippen LogP contribution >= 0.6 is 0 Å². The summed E-state index contributed by atoms with van der Waals surface area (Å²) in [5.41, 5.74) is 3.28. The van der Waals surface area contributed by atoms with E-state index in [1.54, 1.807) is 24.3 Å². The van der Waals surface area contributed by atoms with Gasteiger partial charge in [-0.25, -0.2) is 9.18 Å².